The molecule has 1 atom stereocenters. The maximum absolute atomic E-state index is 13.6. The molecule has 2 rings (SSSR count). The molecule has 0 fully saturated rings. The number of para-hydroxylation sites is 1. The normalized spacial score (nSPS) is 12.3. The van der Waals surface area contributed by atoms with Crippen LogP contribution in [-0.4, -0.2) is 46.8 Å². The molecule has 0 saturated heterocycles. The number of anilines is 2. The summed E-state index contributed by atoms with van der Waals surface area (Å²) in [6, 6.07) is 11.3. The monoisotopic (exact) mass is 425 g/mol. The van der Waals surface area contributed by atoms with Crippen molar-refractivity contribution in [1.29, 1.82) is 0 Å². The average Bonchev–Trinajstić information content (AvgIpc) is 2.67. The second-order valence-corrected chi connectivity index (χ2v) is 8.59. The molecular weight excluding hydrogens is 400 g/mol. The summed E-state index contributed by atoms with van der Waals surface area (Å²) in [6.45, 7) is 2.43. The fourth-order valence-corrected chi connectivity index (χ4v) is 4.08. The van der Waals surface area contributed by atoms with Crippen LogP contribution in [0.15, 0.2) is 48.5 Å². The minimum atomic E-state index is -3.90. The number of rotatable bonds is 9. The molecule has 29 heavy (non-hydrogen) atoms. The van der Waals surface area contributed by atoms with Crippen molar-refractivity contribution >= 4 is 27.3 Å². The van der Waals surface area contributed by atoms with Crippen molar-refractivity contribution in [2.45, 2.75) is 19.4 Å². The van der Waals surface area contributed by atoms with Gasteiger partial charge in [0.15, 0.2) is 11.6 Å². The second kappa shape index (κ2) is 9.69. The topological polar surface area (TPSA) is 69.7 Å². The van der Waals surface area contributed by atoms with Crippen LogP contribution in [0.25, 0.3) is 0 Å². The molecule has 0 spiro atoms. The number of sulfonamides is 1. The fraction of sp³-hybridized carbons (Fsp3) is 0.350. The summed E-state index contributed by atoms with van der Waals surface area (Å²) in [6.07, 6.45) is 1.56. The first-order valence-electron chi connectivity index (χ1n) is 9.09. The number of carbonyl (C=O) groups is 1. The van der Waals surface area contributed by atoms with Crippen LogP contribution in [0.1, 0.15) is 13.3 Å². The van der Waals surface area contributed by atoms with Crippen LogP contribution >= 0.6 is 0 Å². The highest BCUT2D eigenvalue weighted by atomic mass is 32.2. The van der Waals surface area contributed by atoms with E-state index >= 15 is 0 Å². The van der Waals surface area contributed by atoms with E-state index < -0.39 is 33.6 Å². The van der Waals surface area contributed by atoms with Gasteiger partial charge < -0.3 is 10.2 Å². The van der Waals surface area contributed by atoms with Gasteiger partial charge in [0.2, 0.25) is 15.9 Å². The molecular formula is C20H25F2N3O3S. The standard InChI is InChI=1S/C20H25F2N3O3S/c1-15(25(29(3,27)28)17-10-11-18(21)19(22)14-17)20(26)23-12-7-13-24(2)16-8-5-4-6-9-16/h4-6,8-11,14-15H,7,12-13H2,1-3H3,(H,23,26)/t15-/m1/s1. The highest BCUT2D eigenvalue weighted by Crippen LogP contribution is 2.23. The van der Waals surface area contributed by atoms with E-state index in [1.165, 1.54) is 6.92 Å². The Morgan fingerprint density at radius 1 is 1.07 bits per heavy atom. The third kappa shape index (κ3) is 6.15. The maximum Gasteiger partial charge on any atom is 0.243 e. The van der Waals surface area contributed by atoms with Crippen LogP contribution in [0.3, 0.4) is 0 Å². The number of hydrogen-bond acceptors (Lipinski definition) is 4. The average molecular weight is 426 g/mol. The summed E-state index contributed by atoms with van der Waals surface area (Å²) < 4.78 is 51.9. The molecule has 0 heterocycles. The van der Waals surface area contributed by atoms with E-state index in [1.54, 1.807) is 0 Å². The van der Waals surface area contributed by atoms with Crippen LogP contribution in [-0.2, 0) is 14.8 Å². The van der Waals surface area contributed by atoms with Gasteiger partial charge >= 0.3 is 0 Å². The molecule has 2 aromatic carbocycles. The van der Waals surface area contributed by atoms with E-state index in [4.69, 9.17) is 0 Å². The SMILES string of the molecule is C[C@H](C(=O)NCCCN(C)c1ccccc1)N(c1ccc(F)c(F)c1)S(C)(=O)=O. The Bertz CT molecular complexity index is 939. The number of nitrogens with one attached hydrogen (secondary N) is 1. The van der Waals surface area contributed by atoms with E-state index in [1.807, 2.05) is 42.3 Å². The van der Waals surface area contributed by atoms with Gasteiger partial charge in [0, 0.05) is 31.9 Å². The highest BCUT2D eigenvalue weighted by Gasteiger charge is 2.29. The minimum Gasteiger partial charge on any atom is -0.375 e. The van der Waals surface area contributed by atoms with Gasteiger partial charge in [0.1, 0.15) is 6.04 Å². The lowest BCUT2D eigenvalue weighted by molar-refractivity contribution is -0.121. The molecule has 0 radical (unpaired) electrons. The van der Waals surface area contributed by atoms with Crippen LogP contribution in [0.2, 0.25) is 0 Å². The molecule has 158 valence electrons. The van der Waals surface area contributed by atoms with E-state index in [-0.39, 0.29) is 5.69 Å². The fourth-order valence-electron chi connectivity index (χ4n) is 2.92. The predicted molar refractivity (Wildman–Crippen MR) is 110 cm³/mol. The summed E-state index contributed by atoms with van der Waals surface area (Å²) in [4.78, 5) is 14.5. The number of benzene rings is 2. The van der Waals surface area contributed by atoms with E-state index in [0.717, 1.165) is 34.4 Å². The number of halogens is 2. The van der Waals surface area contributed by atoms with Gasteiger partial charge in [-0.15, -0.1) is 0 Å². The molecule has 6 nitrogen and oxygen atoms in total. The van der Waals surface area contributed by atoms with Crippen molar-refractivity contribution in [3.8, 4) is 0 Å². The van der Waals surface area contributed by atoms with Crippen LogP contribution in [0, 0.1) is 11.6 Å². The first-order valence-corrected chi connectivity index (χ1v) is 10.9. The largest absolute Gasteiger partial charge is 0.375 e. The molecule has 0 unspecified atom stereocenters. The third-order valence-corrected chi connectivity index (χ3v) is 5.65. The van der Waals surface area contributed by atoms with Gasteiger partial charge in [0.05, 0.1) is 11.9 Å². The number of hydrogen-bond donors (Lipinski definition) is 1. The first-order chi connectivity index (χ1) is 13.6. The molecule has 0 aliphatic rings. The van der Waals surface area contributed by atoms with Crippen molar-refractivity contribution in [3.05, 3.63) is 60.2 Å². The van der Waals surface area contributed by atoms with E-state index in [0.29, 0.717) is 19.5 Å². The maximum atomic E-state index is 13.6. The number of carbonyl (C=O) groups excluding carboxylic acids is 1. The Kier molecular flexibility index (Phi) is 7.55. The molecule has 0 bridgehead atoms. The predicted octanol–water partition coefficient (Wildman–Crippen LogP) is 2.76. The lowest BCUT2D eigenvalue weighted by Gasteiger charge is -2.28. The zero-order valence-corrected chi connectivity index (χ0v) is 17.4. The molecule has 0 aliphatic heterocycles. The van der Waals surface area contributed by atoms with E-state index in [2.05, 4.69) is 5.32 Å². The Morgan fingerprint density at radius 3 is 2.31 bits per heavy atom. The molecule has 1 N–H and O–H groups in total. The molecule has 1 amide bonds. The summed E-state index contributed by atoms with van der Waals surface area (Å²) in [7, 11) is -1.96. The van der Waals surface area contributed by atoms with Crippen molar-refractivity contribution in [2.24, 2.45) is 0 Å². The number of amides is 1. The van der Waals surface area contributed by atoms with E-state index in [9.17, 15) is 22.0 Å². The van der Waals surface area contributed by atoms with Gasteiger partial charge in [-0.1, -0.05) is 18.2 Å². The second-order valence-electron chi connectivity index (χ2n) is 6.73. The van der Waals surface area contributed by atoms with Crippen molar-refractivity contribution < 1.29 is 22.0 Å². The summed E-state index contributed by atoms with van der Waals surface area (Å²) in [5.41, 5.74) is 0.937. The van der Waals surface area contributed by atoms with Gasteiger partial charge in [-0.25, -0.2) is 17.2 Å². The quantitative estimate of drug-likeness (QED) is 0.628. The van der Waals surface area contributed by atoms with Crippen molar-refractivity contribution in [1.82, 2.24) is 5.32 Å². The Balaban J connectivity index is 1.98. The van der Waals surface area contributed by atoms with Gasteiger partial charge in [-0.3, -0.25) is 9.10 Å². The summed E-state index contributed by atoms with van der Waals surface area (Å²) in [5.74, 6) is -2.81. The van der Waals surface area contributed by atoms with Crippen LogP contribution < -0.4 is 14.5 Å². The summed E-state index contributed by atoms with van der Waals surface area (Å²) in [5, 5.41) is 2.70. The Labute approximate surface area is 170 Å². The van der Waals surface area contributed by atoms with Crippen molar-refractivity contribution in [2.75, 3.05) is 35.6 Å². The lowest BCUT2D eigenvalue weighted by Crippen LogP contribution is -2.48. The Hall–Kier alpha value is -2.68. The first kappa shape index (κ1) is 22.6. The van der Waals surface area contributed by atoms with Gasteiger partial charge in [0.25, 0.3) is 0 Å². The van der Waals surface area contributed by atoms with Gasteiger partial charge in [-0.05, 0) is 37.6 Å². The minimum absolute atomic E-state index is 0.113. The zero-order valence-electron chi connectivity index (χ0n) is 16.6. The number of nitrogens with zero attached hydrogens (tertiary/aromatic N) is 2. The van der Waals surface area contributed by atoms with Crippen LogP contribution in [0.4, 0.5) is 20.2 Å². The van der Waals surface area contributed by atoms with Gasteiger partial charge in [-0.2, -0.15) is 0 Å². The summed E-state index contributed by atoms with van der Waals surface area (Å²) >= 11 is 0. The molecule has 0 aliphatic carbocycles. The molecule has 9 heteroatoms. The molecule has 0 aromatic heterocycles. The molecule has 2 aromatic rings. The van der Waals surface area contributed by atoms with Crippen molar-refractivity contribution in [3.63, 3.8) is 0 Å². The Morgan fingerprint density at radius 2 is 1.72 bits per heavy atom. The van der Waals surface area contributed by atoms with Crippen LogP contribution in [0.5, 0.6) is 0 Å². The molecule has 0 saturated carbocycles. The smallest absolute Gasteiger partial charge is 0.243 e. The third-order valence-electron chi connectivity index (χ3n) is 4.41. The highest BCUT2D eigenvalue weighted by molar-refractivity contribution is 7.92. The lowest BCUT2D eigenvalue weighted by atomic mass is 10.2. The zero-order chi connectivity index (χ0) is 21.6.